The van der Waals surface area contributed by atoms with Crippen LogP contribution in [0.3, 0.4) is 0 Å². The van der Waals surface area contributed by atoms with Gasteiger partial charge in [0.15, 0.2) is 0 Å². The number of rotatable bonds is 5. The van der Waals surface area contributed by atoms with Gasteiger partial charge in [0, 0.05) is 11.1 Å². The van der Waals surface area contributed by atoms with Gasteiger partial charge in [-0.15, -0.1) is 0 Å². The smallest absolute Gasteiger partial charge is 0.261 e. The average Bonchev–Trinajstić information content (AvgIpc) is 3.37. The molecular formula is C27H26N4O3. The summed E-state index contributed by atoms with van der Waals surface area (Å²) < 4.78 is 12.8. The molecule has 2 atom stereocenters. The molecule has 0 bridgehead atoms. The van der Waals surface area contributed by atoms with Crippen molar-refractivity contribution in [1.29, 1.82) is 0 Å². The van der Waals surface area contributed by atoms with Crippen molar-refractivity contribution in [2.75, 3.05) is 19.1 Å². The summed E-state index contributed by atoms with van der Waals surface area (Å²) in [5.74, 6) is 1.94. The van der Waals surface area contributed by atoms with Crippen LogP contribution in [0, 0.1) is 6.92 Å². The molecule has 1 aromatic heterocycles. The number of aryl methyl sites for hydroxylation is 1. The molecule has 0 fully saturated rings. The minimum atomic E-state index is -0.259. The summed E-state index contributed by atoms with van der Waals surface area (Å²) in [4.78, 5) is 20.2. The highest BCUT2D eigenvalue weighted by Crippen LogP contribution is 2.44. The van der Waals surface area contributed by atoms with Gasteiger partial charge in [0.05, 0.1) is 26.3 Å². The number of hydrogen-bond acceptors (Lipinski definition) is 5. The molecule has 0 saturated carbocycles. The van der Waals surface area contributed by atoms with Crippen LogP contribution in [0.4, 0.5) is 5.95 Å². The third-order valence-corrected chi connectivity index (χ3v) is 6.31. The number of nitrogens with zero attached hydrogens (tertiary/aromatic N) is 4. The Morgan fingerprint density at radius 1 is 0.941 bits per heavy atom. The van der Waals surface area contributed by atoms with Crippen LogP contribution in [-0.2, 0) is 0 Å². The van der Waals surface area contributed by atoms with E-state index in [2.05, 4.69) is 10.1 Å². The number of carbonyl (C=O) groups is 1. The minimum absolute atomic E-state index is 0.114. The SMILES string of the molecule is COc1ccc([C@H]2C[C@@H](c3ccccc3OC)n3ncnc3N2C(=O)c2cccc(C)c2)cc1. The van der Waals surface area contributed by atoms with Crippen molar-refractivity contribution in [3.8, 4) is 11.5 Å². The number of aromatic nitrogens is 3. The number of para-hydroxylation sites is 1. The number of methoxy groups -OCH3 is 2. The predicted molar refractivity (Wildman–Crippen MR) is 129 cm³/mol. The van der Waals surface area contributed by atoms with Crippen molar-refractivity contribution in [3.63, 3.8) is 0 Å². The summed E-state index contributed by atoms with van der Waals surface area (Å²) in [7, 11) is 3.31. The van der Waals surface area contributed by atoms with Crippen LogP contribution in [0.15, 0.2) is 79.1 Å². The number of anilines is 1. The summed E-state index contributed by atoms with van der Waals surface area (Å²) in [5, 5.41) is 4.53. The molecule has 5 rings (SSSR count). The fourth-order valence-electron chi connectivity index (χ4n) is 4.65. The summed E-state index contributed by atoms with van der Waals surface area (Å²) in [6, 6.07) is 23.0. The van der Waals surface area contributed by atoms with Gasteiger partial charge in [0.2, 0.25) is 5.95 Å². The molecule has 172 valence electrons. The maximum absolute atomic E-state index is 13.9. The van der Waals surface area contributed by atoms with Gasteiger partial charge in [-0.25, -0.2) is 4.68 Å². The highest BCUT2D eigenvalue weighted by Gasteiger charge is 2.40. The highest BCUT2D eigenvalue weighted by atomic mass is 16.5. The topological polar surface area (TPSA) is 69.5 Å². The molecule has 0 aliphatic carbocycles. The summed E-state index contributed by atoms with van der Waals surface area (Å²) in [6.45, 7) is 1.98. The molecule has 0 N–H and O–H groups in total. The quantitative estimate of drug-likeness (QED) is 0.425. The van der Waals surface area contributed by atoms with E-state index in [1.165, 1.54) is 6.33 Å². The van der Waals surface area contributed by atoms with Crippen molar-refractivity contribution in [2.24, 2.45) is 0 Å². The van der Waals surface area contributed by atoms with Gasteiger partial charge < -0.3 is 9.47 Å². The molecule has 4 aromatic rings. The molecule has 0 spiro atoms. The Balaban J connectivity index is 1.66. The Morgan fingerprint density at radius 2 is 1.74 bits per heavy atom. The van der Waals surface area contributed by atoms with Crippen LogP contribution in [0.25, 0.3) is 0 Å². The number of hydrogen-bond donors (Lipinski definition) is 0. The second kappa shape index (κ2) is 9.02. The first-order valence-corrected chi connectivity index (χ1v) is 11.2. The number of ether oxygens (including phenoxy) is 2. The van der Waals surface area contributed by atoms with Crippen molar-refractivity contribution in [3.05, 3.63) is 101 Å². The van der Waals surface area contributed by atoms with E-state index in [1.807, 2.05) is 84.4 Å². The summed E-state index contributed by atoms with van der Waals surface area (Å²) in [6.07, 6.45) is 2.12. The van der Waals surface area contributed by atoms with Crippen molar-refractivity contribution in [1.82, 2.24) is 14.8 Å². The Morgan fingerprint density at radius 3 is 2.47 bits per heavy atom. The number of amides is 1. The third-order valence-electron chi connectivity index (χ3n) is 6.31. The molecule has 0 radical (unpaired) electrons. The summed E-state index contributed by atoms with van der Waals surface area (Å²) >= 11 is 0. The van der Waals surface area contributed by atoms with Gasteiger partial charge in [0.25, 0.3) is 5.91 Å². The van der Waals surface area contributed by atoms with E-state index in [1.54, 1.807) is 19.1 Å². The Labute approximate surface area is 198 Å². The molecule has 3 aromatic carbocycles. The molecular weight excluding hydrogens is 428 g/mol. The van der Waals surface area contributed by atoms with Gasteiger partial charge >= 0.3 is 0 Å². The minimum Gasteiger partial charge on any atom is -0.497 e. The number of carbonyl (C=O) groups excluding carboxylic acids is 1. The first-order chi connectivity index (χ1) is 16.6. The van der Waals surface area contributed by atoms with E-state index in [0.29, 0.717) is 17.9 Å². The molecule has 7 nitrogen and oxygen atoms in total. The Hall–Kier alpha value is -4.13. The first-order valence-electron chi connectivity index (χ1n) is 11.2. The standard InChI is InChI=1S/C27H26N4O3/c1-18-7-6-8-20(15-18)26(32)30-23(19-11-13-21(33-2)14-12-19)16-24(31-27(30)28-17-29-31)22-9-4-5-10-25(22)34-3/h4-15,17,23-24H,16H2,1-3H3/t23-,24+/m1/s1. The van der Waals surface area contributed by atoms with E-state index in [0.717, 1.165) is 28.2 Å². The Kier molecular flexibility index (Phi) is 5.76. The second-order valence-electron chi connectivity index (χ2n) is 8.33. The maximum Gasteiger partial charge on any atom is 0.261 e. The van der Waals surface area contributed by atoms with Crippen molar-refractivity contribution < 1.29 is 14.3 Å². The monoisotopic (exact) mass is 454 g/mol. The van der Waals surface area contributed by atoms with Crippen LogP contribution in [0.1, 0.15) is 45.6 Å². The molecule has 1 aliphatic heterocycles. The lowest BCUT2D eigenvalue weighted by atomic mass is 9.91. The lowest BCUT2D eigenvalue weighted by molar-refractivity contribution is 0.0963. The molecule has 34 heavy (non-hydrogen) atoms. The zero-order valence-corrected chi connectivity index (χ0v) is 19.4. The molecule has 1 aliphatic rings. The van der Waals surface area contributed by atoms with Gasteiger partial charge in [-0.2, -0.15) is 10.1 Å². The van der Waals surface area contributed by atoms with Crippen LogP contribution < -0.4 is 14.4 Å². The van der Waals surface area contributed by atoms with E-state index < -0.39 is 0 Å². The first kappa shape index (κ1) is 21.7. The van der Waals surface area contributed by atoms with E-state index in [9.17, 15) is 4.79 Å². The van der Waals surface area contributed by atoms with Crippen molar-refractivity contribution in [2.45, 2.75) is 25.4 Å². The molecule has 0 unspecified atom stereocenters. The second-order valence-corrected chi connectivity index (χ2v) is 8.33. The van der Waals surface area contributed by atoms with Gasteiger partial charge in [0.1, 0.15) is 17.8 Å². The van der Waals surface area contributed by atoms with E-state index >= 15 is 0 Å². The normalized spacial score (nSPS) is 17.2. The molecule has 1 amide bonds. The van der Waals surface area contributed by atoms with Crippen molar-refractivity contribution >= 4 is 11.9 Å². The fraction of sp³-hybridized carbons (Fsp3) is 0.222. The summed E-state index contributed by atoms with van der Waals surface area (Å²) in [5.41, 5.74) is 3.63. The maximum atomic E-state index is 13.9. The molecule has 2 heterocycles. The van der Waals surface area contributed by atoms with Gasteiger partial charge in [-0.1, -0.05) is 48.0 Å². The zero-order valence-electron chi connectivity index (χ0n) is 19.4. The Bertz CT molecular complexity index is 1320. The largest absolute Gasteiger partial charge is 0.497 e. The average molecular weight is 455 g/mol. The number of benzene rings is 3. The van der Waals surface area contributed by atoms with Gasteiger partial charge in [-0.05, 0) is 49.2 Å². The lowest BCUT2D eigenvalue weighted by Gasteiger charge is -2.39. The van der Waals surface area contributed by atoms with E-state index in [4.69, 9.17) is 9.47 Å². The third kappa shape index (κ3) is 3.79. The van der Waals surface area contributed by atoms with Crippen LogP contribution in [0.2, 0.25) is 0 Å². The molecule has 7 heteroatoms. The molecule has 0 saturated heterocycles. The predicted octanol–water partition coefficient (Wildman–Crippen LogP) is 4.98. The number of fused-ring (bicyclic) bond motifs is 1. The lowest BCUT2D eigenvalue weighted by Crippen LogP contribution is -2.42. The van der Waals surface area contributed by atoms with E-state index in [-0.39, 0.29) is 18.0 Å². The van der Waals surface area contributed by atoms with Crippen LogP contribution in [0.5, 0.6) is 11.5 Å². The van der Waals surface area contributed by atoms with Crippen LogP contribution >= 0.6 is 0 Å². The van der Waals surface area contributed by atoms with Gasteiger partial charge in [-0.3, -0.25) is 9.69 Å². The van der Waals surface area contributed by atoms with Crippen LogP contribution in [-0.4, -0.2) is 34.9 Å². The fourth-order valence-corrected chi connectivity index (χ4v) is 4.65. The zero-order chi connectivity index (χ0) is 23.7. The highest BCUT2D eigenvalue weighted by molar-refractivity contribution is 6.06.